The van der Waals surface area contributed by atoms with Crippen LogP contribution in [0.15, 0.2) is 42.5 Å². The SMILES string of the molecule is O=C(N[C@@H](Cc1ccc(Cl)cc1)C(=O)O)c1cc(C(F)(F)F)cc(C(F)(F)F)c1. The fraction of sp³-hybridized carbons (Fsp3) is 0.222. The van der Waals surface area contributed by atoms with Crippen LogP contribution in [0.25, 0.3) is 0 Å². The van der Waals surface area contributed by atoms with E-state index in [0.717, 1.165) is 0 Å². The lowest BCUT2D eigenvalue weighted by molar-refractivity contribution is -0.143. The molecule has 2 aromatic rings. The molecule has 0 aliphatic carbocycles. The number of carbonyl (C=O) groups is 2. The number of carbonyl (C=O) groups excluding carboxylic acids is 1. The molecule has 1 atom stereocenters. The molecular weight excluding hydrogens is 428 g/mol. The van der Waals surface area contributed by atoms with E-state index in [-0.39, 0.29) is 24.6 Å². The van der Waals surface area contributed by atoms with E-state index >= 15 is 0 Å². The van der Waals surface area contributed by atoms with Crippen molar-refractivity contribution in [3.63, 3.8) is 0 Å². The molecule has 29 heavy (non-hydrogen) atoms. The number of aliphatic carboxylic acids is 1. The summed E-state index contributed by atoms with van der Waals surface area (Å²) in [5.74, 6) is -2.90. The number of amides is 1. The predicted molar refractivity (Wildman–Crippen MR) is 90.5 cm³/mol. The first-order chi connectivity index (χ1) is 13.3. The minimum Gasteiger partial charge on any atom is -0.480 e. The molecular formula is C18H12ClF6NO3. The summed E-state index contributed by atoms with van der Waals surface area (Å²) in [4.78, 5) is 23.6. The quantitative estimate of drug-likeness (QED) is 0.657. The summed E-state index contributed by atoms with van der Waals surface area (Å²) < 4.78 is 77.4. The molecule has 4 nitrogen and oxygen atoms in total. The Hall–Kier alpha value is -2.75. The Labute approximate surface area is 165 Å². The van der Waals surface area contributed by atoms with Gasteiger partial charge in [0, 0.05) is 17.0 Å². The maximum absolute atomic E-state index is 12.9. The Morgan fingerprint density at radius 3 is 1.83 bits per heavy atom. The van der Waals surface area contributed by atoms with E-state index in [9.17, 15) is 41.0 Å². The number of carboxylic acids is 1. The Kier molecular flexibility index (Phi) is 6.46. The third-order valence-corrected chi connectivity index (χ3v) is 4.06. The molecule has 0 aliphatic heterocycles. The number of hydrogen-bond acceptors (Lipinski definition) is 2. The third kappa shape index (κ3) is 6.11. The van der Waals surface area contributed by atoms with E-state index in [1.165, 1.54) is 24.3 Å². The van der Waals surface area contributed by atoms with Crippen molar-refractivity contribution in [1.82, 2.24) is 5.32 Å². The summed E-state index contributed by atoms with van der Waals surface area (Å²) in [6.07, 6.45) is -10.5. The molecule has 0 heterocycles. The molecule has 0 radical (unpaired) electrons. The third-order valence-electron chi connectivity index (χ3n) is 3.81. The molecule has 156 valence electrons. The fourth-order valence-electron chi connectivity index (χ4n) is 2.38. The van der Waals surface area contributed by atoms with Gasteiger partial charge in [-0.3, -0.25) is 4.79 Å². The lowest BCUT2D eigenvalue weighted by Gasteiger charge is -2.17. The molecule has 0 fully saturated rings. The van der Waals surface area contributed by atoms with Crippen LogP contribution in [0, 0.1) is 0 Å². The lowest BCUT2D eigenvalue weighted by atomic mass is 10.0. The smallest absolute Gasteiger partial charge is 0.416 e. The van der Waals surface area contributed by atoms with Crippen LogP contribution in [-0.2, 0) is 23.6 Å². The van der Waals surface area contributed by atoms with Gasteiger partial charge >= 0.3 is 18.3 Å². The number of alkyl halides is 6. The highest BCUT2D eigenvalue weighted by Gasteiger charge is 2.37. The van der Waals surface area contributed by atoms with Crippen LogP contribution in [0.1, 0.15) is 27.0 Å². The van der Waals surface area contributed by atoms with E-state index in [2.05, 4.69) is 0 Å². The van der Waals surface area contributed by atoms with E-state index in [1.807, 2.05) is 5.32 Å². The highest BCUT2D eigenvalue weighted by atomic mass is 35.5. The van der Waals surface area contributed by atoms with Crippen LogP contribution in [0.4, 0.5) is 26.3 Å². The summed E-state index contributed by atoms with van der Waals surface area (Å²) >= 11 is 5.71. The Bertz CT molecular complexity index is 877. The second kappa shape index (κ2) is 8.32. The number of hydrogen-bond donors (Lipinski definition) is 2. The van der Waals surface area contributed by atoms with Gasteiger partial charge in [0.15, 0.2) is 0 Å². The van der Waals surface area contributed by atoms with Gasteiger partial charge in [-0.1, -0.05) is 23.7 Å². The number of halogens is 7. The second-order valence-electron chi connectivity index (χ2n) is 5.99. The van der Waals surface area contributed by atoms with Crippen LogP contribution < -0.4 is 5.32 Å². The topological polar surface area (TPSA) is 66.4 Å². The van der Waals surface area contributed by atoms with Gasteiger partial charge in [0.1, 0.15) is 6.04 Å². The van der Waals surface area contributed by atoms with Crippen molar-refractivity contribution >= 4 is 23.5 Å². The first-order valence-corrected chi connectivity index (χ1v) is 8.23. The van der Waals surface area contributed by atoms with E-state index < -0.39 is 47.0 Å². The van der Waals surface area contributed by atoms with Crippen molar-refractivity contribution in [2.45, 2.75) is 24.8 Å². The predicted octanol–water partition coefficient (Wildman–Crippen LogP) is 4.80. The average Bonchev–Trinajstić information content (AvgIpc) is 2.61. The Morgan fingerprint density at radius 2 is 1.41 bits per heavy atom. The molecule has 2 aromatic carbocycles. The minimum absolute atomic E-state index is 0.126. The van der Waals surface area contributed by atoms with Crippen molar-refractivity contribution in [2.24, 2.45) is 0 Å². The van der Waals surface area contributed by atoms with Gasteiger partial charge in [0.05, 0.1) is 11.1 Å². The highest BCUT2D eigenvalue weighted by molar-refractivity contribution is 6.30. The summed E-state index contributed by atoms with van der Waals surface area (Å²) in [7, 11) is 0. The van der Waals surface area contributed by atoms with Gasteiger partial charge in [-0.15, -0.1) is 0 Å². The van der Waals surface area contributed by atoms with E-state index in [0.29, 0.717) is 10.6 Å². The van der Waals surface area contributed by atoms with Crippen LogP contribution >= 0.6 is 11.6 Å². The molecule has 0 aromatic heterocycles. The molecule has 1 amide bonds. The van der Waals surface area contributed by atoms with Gasteiger partial charge < -0.3 is 10.4 Å². The molecule has 0 unspecified atom stereocenters. The van der Waals surface area contributed by atoms with Crippen LogP contribution in [0.5, 0.6) is 0 Å². The molecule has 0 spiro atoms. The molecule has 0 bridgehead atoms. The second-order valence-corrected chi connectivity index (χ2v) is 6.43. The van der Waals surface area contributed by atoms with Gasteiger partial charge in [-0.25, -0.2) is 4.79 Å². The zero-order valence-electron chi connectivity index (χ0n) is 14.2. The zero-order chi connectivity index (χ0) is 22.0. The summed E-state index contributed by atoms with van der Waals surface area (Å²) in [5.41, 5.74) is -3.89. The molecule has 0 aliphatic rings. The number of carboxylic acid groups (broad SMARTS) is 1. The fourth-order valence-corrected chi connectivity index (χ4v) is 2.51. The van der Waals surface area contributed by atoms with Crippen molar-refractivity contribution in [3.05, 3.63) is 69.7 Å². The standard InChI is InChI=1S/C18H12ClF6NO3/c19-13-3-1-9(2-4-13)5-14(16(28)29)26-15(27)10-6-11(17(20,21)22)8-12(7-10)18(23,24)25/h1-4,6-8,14H,5H2,(H,26,27)(H,28,29)/t14-/m0/s1. The summed E-state index contributed by atoms with van der Waals surface area (Å²) in [6, 6.07) is 4.59. The monoisotopic (exact) mass is 439 g/mol. The van der Waals surface area contributed by atoms with Gasteiger partial charge in [-0.2, -0.15) is 26.3 Å². The molecule has 0 saturated carbocycles. The Balaban J connectivity index is 2.33. The van der Waals surface area contributed by atoms with Crippen LogP contribution in [0.2, 0.25) is 5.02 Å². The number of rotatable bonds is 5. The first kappa shape index (κ1) is 22.5. The normalized spacial score (nSPS) is 13.1. The molecule has 0 saturated heterocycles. The molecule has 2 rings (SSSR count). The van der Waals surface area contributed by atoms with Crippen LogP contribution in [-0.4, -0.2) is 23.0 Å². The first-order valence-electron chi connectivity index (χ1n) is 7.85. The largest absolute Gasteiger partial charge is 0.480 e. The molecule has 2 N–H and O–H groups in total. The number of nitrogens with one attached hydrogen (secondary N) is 1. The average molecular weight is 440 g/mol. The van der Waals surface area contributed by atoms with Crippen LogP contribution in [0.3, 0.4) is 0 Å². The summed E-state index contributed by atoms with van der Waals surface area (Å²) in [6.45, 7) is 0. The van der Waals surface area contributed by atoms with Gasteiger partial charge in [-0.05, 0) is 35.9 Å². The zero-order valence-corrected chi connectivity index (χ0v) is 15.0. The van der Waals surface area contributed by atoms with Gasteiger partial charge in [0.25, 0.3) is 5.91 Å². The highest BCUT2D eigenvalue weighted by Crippen LogP contribution is 2.36. The maximum atomic E-state index is 12.9. The van der Waals surface area contributed by atoms with Crippen molar-refractivity contribution in [3.8, 4) is 0 Å². The molecule has 11 heteroatoms. The van der Waals surface area contributed by atoms with Gasteiger partial charge in [0.2, 0.25) is 0 Å². The maximum Gasteiger partial charge on any atom is 0.416 e. The van der Waals surface area contributed by atoms with Crippen molar-refractivity contribution < 1.29 is 41.0 Å². The number of benzene rings is 2. The van der Waals surface area contributed by atoms with E-state index in [1.54, 1.807) is 0 Å². The summed E-state index contributed by atoms with van der Waals surface area (Å²) in [5, 5.41) is 11.6. The van der Waals surface area contributed by atoms with Crippen molar-refractivity contribution in [1.29, 1.82) is 0 Å². The Morgan fingerprint density at radius 1 is 0.931 bits per heavy atom. The van der Waals surface area contributed by atoms with Crippen molar-refractivity contribution in [2.75, 3.05) is 0 Å². The minimum atomic E-state index is -5.13. The van der Waals surface area contributed by atoms with E-state index in [4.69, 9.17) is 11.6 Å². The lowest BCUT2D eigenvalue weighted by Crippen LogP contribution is -2.42.